The number of piperidine rings is 1. The summed E-state index contributed by atoms with van der Waals surface area (Å²) in [4.78, 5) is 24.8. The second kappa shape index (κ2) is 5.34. The second-order valence-corrected chi connectivity index (χ2v) is 4.41. The smallest absolute Gasteiger partial charge is 0.322 e. The Hall–Kier alpha value is -1.63. The van der Waals surface area contributed by atoms with E-state index in [1.807, 2.05) is 0 Å². The van der Waals surface area contributed by atoms with Gasteiger partial charge in [0.1, 0.15) is 0 Å². The van der Waals surface area contributed by atoms with Gasteiger partial charge in [-0.3, -0.25) is 4.79 Å². The van der Waals surface area contributed by atoms with Crippen LogP contribution in [0.15, 0.2) is 0 Å². The number of carbonyl (C=O) groups excluding carboxylic acids is 1. The molecule has 1 unspecified atom stereocenters. The molecule has 1 aliphatic heterocycles. The SMILES string of the molecule is COc1nc(Cl)nc(NC2CCC(=O)N(C)C2)n1. The van der Waals surface area contributed by atoms with E-state index < -0.39 is 0 Å². The van der Waals surface area contributed by atoms with E-state index in [0.29, 0.717) is 18.9 Å². The van der Waals surface area contributed by atoms with Crippen molar-refractivity contribution in [3.8, 4) is 6.01 Å². The first kappa shape index (κ1) is 12.8. The highest BCUT2D eigenvalue weighted by Gasteiger charge is 2.23. The number of hydrogen-bond acceptors (Lipinski definition) is 6. The number of amides is 1. The number of nitrogens with zero attached hydrogens (tertiary/aromatic N) is 4. The molecule has 1 atom stereocenters. The van der Waals surface area contributed by atoms with Gasteiger partial charge in [-0.2, -0.15) is 15.0 Å². The molecule has 1 N–H and O–H groups in total. The molecule has 1 aromatic heterocycles. The fourth-order valence-electron chi connectivity index (χ4n) is 1.80. The Morgan fingerprint density at radius 3 is 2.89 bits per heavy atom. The third-order valence-corrected chi connectivity index (χ3v) is 2.90. The van der Waals surface area contributed by atoms with Crippen LogP contribution in [0, 0.1) is 0 Å². The molecule has 0 bridgehead atoms. The quantitative estimate of drug-likeness (QED) is 0.866. The molecule has 2 rings (SSSR count). The van der Waals surface area contributed by atoms with Crippen molar-refractivity contribution in [1.82, 2.24) is 19.9 Å². The number of halogens is 1. The number of likely N-dealkylation sites (N-methyl/N-ethyl adjacent to an activating group) is 1. The average molecular weight is 272 g/mol. The van der Waals surface area contributed by atoms with Crippen molar-refractivity contribution >= 4 is 23.5 Å². The van der Waals surface area contributed by atoms with Gasteiger partial charge in [0.15, 0.2) is 0 Å². The third kappa shape index (κ3) is 2.98. The zero-order chi connectivity index (χ0) is 13.1. The van der Waals surface area contributed by atoms with Crippen LogP contribution in [0.4, 0.5) is 5.95 Å². The van der Waals surface area contributed by atoms with Crippen LogP contribution in [0.5, 0.6) is 6.01 Å². The fraction of sp³-hybridized carbons (Fsp3) is 0.600. The maximum atomic E-state index is 11.4. The summed E-state index contributed by atoms with van der Waals surface area (Å²) in [5, 5.41) is 3.20. The zero-order valence-electron chi connectivity index (χ0n) is 10.2. The highest BCUT2D eigenvalue weighted by Crippen LogP contribution is 2.16. The van der Waals surface area contributed by atoms with Gasteiger partial charge in [-0.15, -0.1) is 0 Å². The number of likely N-dealkylation sites (tertiary alicyclic amines) is 1. The largest absolute Gasteiger partial charge is 0.467 e. The van der Waals surface area contributed by atoms with Crippen LogP contribution in [0.25, 0.3) is 0 Å². The first-order valence-electron chi connectivity index (χ1n) is 5.54. The van der Waals surface area contributed by atoms with Crippen molar-refractivity contribution in [2.24, 2.45) is 0 Å². The molecule has 8 heteroatoms. The number of anilines is 1. The van der Waals surface area contributed by atoms with Gasteiger partial charge in [-0.1, -0.05) is 0 Å². The lowest BCUT2D eigenvalue weighted by Crippen LogP contribution is -2.43. The summed E-state index contributed by atoms with van der Waals surface area (Å²) < 4.78 is 4.91. The molecule has 7 nitrogen and oxygen atoms in total. The van der Waals surface area contributed by atoms with Crippen molar-refractivity contribution in [1.29, 1.82) is 0 Å². The summed E-state index contributed by atoms with van der Waals surface area (Å²) in [6.07, 6.45) is 1.26. The lowest BCUT2D eigenvalue weighted by Gasteiger charge is -2.30. The van der Waals surface area contributed by atoms with E-state index in [1.54, 1.807) is 11.9 Å². The number of carbonyl (C=O) groups is 1. The Morgan fingerprint density at radius 1 is 1.44 bits per heavy atom. The highest BCUT2D eigenvalue weighted by molar-refractivity contribution is 6.28. The molecule has 1 fully saturated rings. The predicted molar refractivity (Wildman–Crippen MR) is 65.7 cm³/mol. The van der Waals surface area contributed by atoms with E-state index in [9.17, 15) is 4.79 Å². The minimum atomic E-state index is 0.0737. The Balaban J connectivity index is 2.05. The predicted octanol–water partition coefficient (Wildman–Crippen LogP) is 0.566. The van der Waals surface area contributed by atoms with Crippen LogP contribution in [0.1, 0.15) is 12.8 Å². The monoisotopic (exact) mass is 271 g/mol. The van der Waals surface area contributed by atoms with Gasteiger partial charge >= 0.3 is 6.01 Å². The highest BCUT2D eigenvalue weighted by atomic mass is 35.5. The zero-order valence-corrected chi connectivity index (χ0v) is 10.9. The van der Waals surface area contributed by atoms with E-state index in [1.165, 1.54) is 7.11 Å². The van der Waals surface area contributed by atoms with E-state index >= 15 is 0 Å². The van der Waals surface area contributed by atoms with Crippen LogP contribution in [-0.4, -0.2) is 52.5 Å². The van der Waals surface area contributed by atoms with Crippen molar-refractivity contribution in [3.05, 3.63) is 5.28 Å². The lowest BCUT2D eigenvalue weighted by molar-refractivity contribution is -0.132. The molecule has 0 aromatic carbocycles. The van der Waals surface area contributed by atoms with Gasteiger partial charge in [0.2, 0.25) is 17.1 Å². The lowest BCUT2D eigenvalue weighted by atomic mass is 10.1. The summed E-state index contributed by atoms with van der Waals surface area (Å²) in [5.41, 5.74) is 0. The molecular formula is C10H14ClN5O2. The van der Waals surface area contributed by atoms with Gasteiger partial charge in [0.25, 0.3) is 0 Å². The minimum absolute atomic E-state index is 0.0737. The summed E-state index contributed by atoms with van der Waals surface area (Å²) in [6.45, 7) is 0.616. The van der Waals surface area contributed by atoms with Crippen LogP contribution in [0.3, 0.4) is 0 Å². The maximum Gasteiger partial charge on any atom is 0.322 e. The number of hydrogen-bond donors (Lipinski definition) is 1. The second-order valence-electron chi connectivity index (χ2n) is 4.07. The summed E-state index contributed by atoms with van der Waals surface area (Å²) in [5.74, 6) is 0.513. The average Bonchev–Trinajstić information content (AvgIpc) is 2.33. The first-order chi connectivity index (χ1) is 8.58. The molecule has 0 spiro atoms. The molecule has 1 saturated heterocycles. The van der Waals surface area contributed by atoms with E-state index in [2.05, 4.69) is 20.3 Å². The first-order valence-corrected chi connectivity index (χ1v) is 5.92. The Morgan fingerprint density at radius 2 is 2.22 bits per heavy atom. The molecule has 0 saturated carbocycles. The molecule has 98 valence electrons. The van der Waals surface area contributed by atoms with Gasteiger partial charge in [-0.05, 0) is 18.0 Å². The minimum Gasteiger partial charge on any atom is -0.467 e. The van der Waals surface area contributed by atoms with E-state index in [0.717, 1.165) is 6.42 Å². The van der Waals surface area contributed by atoms with Crippen LogP contribution >= 0.6 is 11.6 Å². The number of methoxy groups -OCH3 is 1. The number of ether oxygens (including phenoxy) is 1. The van der Waals surface area contributed by atoms with Crippen molar-refractivity contribution < 1.29 is 9.53 Å². The molecular weight excluding hydrogens is 258 g/mol. The van der Waals surface area contributed by atoms with Gasteiger partial charge < -0.3 is 15.0 Å². The van der Waals surface area contributed by atoms with Crippen LogP contribution < -0.4 is 10.1 Å². The van der Waals surface area contributed by atoms with Crippen molar-refractivity contribution in [3.63, 3.8) is 0 Å². The normalized spacial score (nSPS) is 19.8. The van der Waals surface area contributed by atoms with Crippen LogP contribution in [-0.2, 0) is 4.79 Å². The fourth-order valence-corrected chi connectivity index (χ4v) is 1.95. The summed E-state index contributed by atoms with van der Waals surface area (Å²) >= 11 is 5.75. The number of rotatable bonds is 3. The topological polar surface area (TPSA) is 80.2 Å². The molecule has 0 radical (unpaired) electrons. The number of aromatic nitrogens is 3. The Labute approximate surface area is 110 Å². The van der Waals surface area contributed by atoms with E-state index in [4.69, 9.17) is 16.3 Å². The van der Waals surface area contributed by atoms with Crippen molar-refractivity contribution in [2.45, 2.75) is 18.9 Å². The Bertz CT molecular complexity index is 456. The molecule has 1 aromatic rings. The summed E-state index contributed by atoms with van der Waals surface area (Å²) in [7, 11) is 3.24. The molecule has 1 amide bonds. The van der Waals surface area contributed by atoms with E-state index in [-0.39, 0.29) is 23.2 Å². The molecule has 18 heavy (non-hydrogen) atoms. The number of nitrogens with one attached hydrogen (secondary N) is 1. The molecule has 0 aliphatic carbocycles. The maximum absolute atomic E-state index is 11.4. The standard InChI is InChI=1S/C10H14ClN5O2/c1-16-5-6(3-4-7(16)17)12-9-13-8(11)14-10(15-9)18-2/h6H,3-5H2,1-2H3,(H,12,13,14,15). The Kier molecular flexibility index (Phi) is 3.81. The third-order valence-electron chi connectivity index (χ3n) is 2.73. The van der Waals surface area contributed by atoms with Crippen molar-refractivity contribution in [2.75, 3.05) is 26.0 Å². The summed E-state index contributed by atoms with van der Waals surface area (Å²) in [6, 6.07) is 0.272. The van der Waals surface area contributed by atoms with Gasteiger partial charge in [0, 0.05) is 26.1 Å². The van der Waals surface area contributed by atoms with Crippen LogP contribution in [0.2, 0.25) is 5.28 Å². The van der Waals surface area contributed by atoms with Gasteiger partial charge in [0.05, 0.1) is 7.11 Å². The molecule has 2 heterocycles. The van der Waals surface area contributed by atoms with Gasteiger partial charge in [-0.25, -0.2) is 0 Å². The molecule has 1 aliphatic rings.